The quantitative estimate of drug-likeness (QED) is 0.786. The fourth-order valence-corrected chi connectivity index (χ4v) is 4.01. The largest absolute Gasteiger partial charge is 0.477 e. The highest BCUT2D eigenvalue weighted by Crippen LogP contribution is 2.28. The van der Waals surface area contributed by atoms with Crippen LogP contribution < -0.4 is 10.0 Å². The summed E-state index contributed by atoms with van der Waals surface area (Å²) in [6.45, 7) is 0. The van der Waals surface area contributed by atoms with Gasteiger partial charge in [0, 0.05) is 5.69 Å². The Balaban J connectivity index is 1.94. The minimum Gasteiger partial charge on any atom is -0.477 e. The van der Waals surface area contributed by atoms with Gasteiger partial charge in [-0.3, -0.25) is 9.52 Å². The first-order chi connectivity index (χ1) is 10.4. The number of benzene rings is 1. The molecule has 3 N–H and O–H groups in total. The van der Waals surface area contributed by atoms with E-state index in [2.05, 4.69) is 10.0 Å². The number of amides is 1. The first kappa shape index (κ1) is 14.5. The number of nitrogens with one attached hydrogen (secondary N) is 2. The molecule has 0 saturated carbocycles. The summed E-state index contributed by atoms with van der Waals surface area (Å²) in [5.74, 6) is -1.39. The molecule has 7 nitrogen and oxygen atoms in total. The number of sulfonamides is 1. The number of rotatable bonds is 4. The minimum absolute atomic E-state index is 0.0206. The molecule has 0 unspecified atom stereocenters. The SMILES string of the molecule is O=C1Cc2cc(S(=O)(=O)Nc3ccsc3C(=O)O)ccc2N1. The second kappa shape index (κ2) is 5.11. The van der Waals surface area contributed by atoms with Crippen LogP contribution in [0.3, 0.4) is 0 Å². The van der Waals surface area contributed by atoms with Gasteiger partial charge in [-0.2, -0.15) is 0 Å². The minimum atomic E-state index is -3.92. The highest BCUT2D eigenvalue weighted by atomic mass is 32.2. The number of hydrogen-bond donors (Lipinski definition) is 3. The van der Waals surface area contributed by atoms with Crippen molar-refractivity contribution in [1.29, 1.82) is 0 Å². The Morgan fingerprint density at radius 2 is 2.09 bits per heavy atom. The van der Waals surface area contributed by atoms with E-state index in [1.165, 1.54) is 29.6 Å². The molecule has 1 amide bonds. The predicted octanol–water partition coefficient (Wildman–Crippen LogP) is 1.74. The molecule has 0 atom stereocenters. The molecule has 1 aliphatic rings. The predicted molar refractivity (Wildman–Crippen MR) is 80.9 cm³/mol. The molecule has 0 bridgehead atoms. The molecule has 0 aliphatic carbocycles. The summed E-state index contributed by atoms with van der Waals surface area (Å²) in [6.07, 6.45) is 0.123. The summed E-state index contributed by atoms with van der Waals surface area (Å²) in [6, 6.07) is 5.67. The first-order valence-corrected chi connectivity index (χ1v) is 8.49. The van der Waals surface area contributed by atoms with E-state index in [0.717, 1.165) is 11.3 Å². The van der Waals surface area contributed by atoms with Crippen molar-refractivity contribution in [2.75, 3.05) is 10.0 Å². The maximum atomic E-state index is 12.4. The van der Waals surface area contributed by atoms with E-state index < -0.39 is 16.0 Å². The van der Waals surface area contributed by atoms with Crippen LogP contribution >= 0.6 is 11.3 Å². The third-order valence-electron chi connectivity index (χ3n) is 3.12. The second-order valence-corrected chi connectivity index (χ2v) is 7.22. The van der Waals surface area contributed by atoms with Crippen molar-refractivity contribution >= 4 is 44.6 Å². The van der Waals surface area contributed by atoms with Crippen molar-refractivity contribution in [2.24, 2.45) is 0 Å². The van der Waals surface area contributed by atoms with Gasteiger partial charge in [0.1, 0.15) is 4.88 Å². The molecule has 114 valence electrons. The maximum Gasteiger partial charge on any atom is 0.348 e. The number of hydrogen-bond acceptors (Lipinski definition) is 5. The van der Waals surface area contributed by atoms with E-state index in [0.29, 0.717) is 11.3 Å². The van der Waals surface area contributed by atoms with Crippen LogP contribution in [-0.4, -0.2) is 25.4 Å². The van der Waals surface area contributed by atoms with Gasteiger partial charge in [0.2, 0.25) is 5.91 Å². The van der Waals surface area contributed by atoms with Gasteiger partial charge in [0.25, 0.3) is 10.0 Å². The number of anilines is 2. The van der Waals surface area contributed by atoms with Crippen molar-refractivity contribution in [3.63, 3.8) is 0 Å². The Labute approximate surface area is 129 Å². The van der Waals surface area contributed by atoms with Crippen molar-refractivity contribution in [1.82, 2.24) is 0 Å². The molecule has 3 rings (SSSR count). The van der Waals surface area contributed by atoms with Gasteiger partial charge < -0.3 is 10.4 Å². The standard InChI is InChI=1S/C13H10N2O5S2/c16-11-6-7-5-8(1-2-9(7)14-11)22(19,20)15-10-3-4-21-12(10)13(17)18/h1-5,15H,6H2,(H,14,16)(H,17,18). The molecule has 22 heavy (non-hydrogen) atoms. The van der Waals surface area contributed by atoms with E-state index in [4.69, 9.17) is 5.11 Å². The molecule has 9 heteroatoms. The van der Waals surface area contributed by atoms with Crippen LogP contribution in [-0.2, 0) is 21.2 Å². The van der Waals surface area contributed by atoms with Gasteiger partial charge in [-0.1, -0.05) is 0 Å². The van der Waals surface area contributed by atoms with Gasteiger partial charge in [-0.05, 0) is 35.2 Å². The Morgan fingerprint density at radius 3 is 2.82 bits per heavy atom. The van der Waals surface area contributed by atoms with Crippen LogP contribution in [0.1, 0.15) is 15.2 Å². The number of thiophene rings is 1. The number of carbonyl (C=O) groups is 2. The lowest BCUT2D eigenvalue weighted by Crippen LogP contribution is -2.14. The highest BCUT2D eigenvalue weighted by Gasteiger charge is 2.23. The second-order valence-electron chi connectivity index (χ2n) is 4.62. The lowest BCUT2D eigenvalue weighted by atomic mass is 10.2. The van der Waals surface area contributed by atoms with Gasteiger partial charge >= 0.3 is 5.97 Å². The molecule has 1 aromatic carbocycles. The Morgan fingerprint density at radius 1 is 1.32 bits per heavy atom. The molecule has 2 aromatic rings. The maximum absolute atomic E-state index is 12.4. The lowest BCUT2D eigenvalue weighted by Gasteiger charge is -2.08. The van der Waals surface area contributed by atoms with Crippen molar-refractivity contribution in [3.8, 4) is 0 Å². The molecule has 2 heterocycles. The zero-order valence-corrected chi connectivity index (χ0v) is 12.6. The van der Waals surface area contributed by atoms with Crippen LogP contribution in [0, 0.1) is 0 Å². The van der Waals surface area contributed by atoms with Gasteiger partial charge in [-0.25, -0.2) is 13.2 Å². The summed E-state index contributed by atoms with van der Waals surface area (Å²) >= 11 is 0.933. The van der Waals surface area contributed by atoms with Gasteiger partial charge in [0.05, 0.1) is 17.0 Å². The van der Waals surface area contributed by atoms with E-state index in [-0.39, 0.29) is 27.8 Å². The van der Waals surface area contributed by atoms with Gasteiger partial charge in [0.15, 0.2) is 0 Å². The normalized spacial score (nSPS) is 13.5. The smallest absolute Gasteiger partial charge is 0.348 e. The summed E-state index contributed by atoms with van der Waals surface area (Å²) in [4.78, 5) is 22.2. The molecule has 0 saturated heterocycles. The molecule has 0 spiro atoms. The van der Waals surface area contributed by atoms with E-state index in [1.54, 1.807) is 0 Å². The number of carboxylic acids is 1. The van der Waals surface area contributed by atoms with Crippen LogP contribution in [0.5, 0.6) is 0 Å². The number of carboxylic acid groups (broad SMARTS) is 1. The molecular weight excluding hydrogens is 328 g/mol. The van der Waals surface area contributed by atoms with Crippen LogP contribution in [0.25, 0.3) is 0 Å². The highest BCUT2D eigenvalue weighted by molar-refractivity contribution is 7.92. The van der Waals surface area contributed by atoms with Crippen molar-refractivity contribution in [2.45, 2.75) is 11.3 Å². The lowest BCUT2D eigenvalue weighted by molar-refractivity contribution is -0.115. The zero-order valence-electron chi connectivity index (χ0n) is 11.0. The summed E-state index contributed by atoms with van der Waals surface area (Å²) < 4.78 is 27.0. The average Bonchev–Trinajstić information content (AvgIpc) is 3.02. The molecular formula is C13H10N2O5S2. The fraction of sp³-hybridized carbons (Fsp3) is 0.0769. The third kappa shape index (κ3) is 2.55. The van der Waals surface area contributed by atoms with Crippen LogP contribution in [0.4, 0.5) is 11.4 Å². The van der Waals surface area contributed by atoms with Gasteiger partial charge in [-0.15, -0.1) is 11.3 Å². The topological polar surface area (TPSA) is 113 Å². The number of aromatic carboxylic acids is 1. The Bertz CT molecular complexity index is 886. The Kier molecular flexibility index (Phi) is 3.38. The Hall–Kier alpha value is -2.39. The van der Waals surface area contributed by atoms with Crippen molar-refractivity contribution < 1.29 is 23.1 Å². The van der Waals surface area contributed by atoms with Crippen molar-refractivity contribution in [3.05, 3.63) is 40.1 Å². The number of fused-ring (bicyclic) bond motifs is 1. The monoisotopic (exact) mass is 338 g/mol. The summed E-state index contributed by atoms with van der Waals surface area (Å²) in [5, 5.41) is 13.1. The van der Waals surface area contributed by atoms with E-state index in [9.17, 15) is 18.0 Å². The number of carbonyl (C=O) groups excluding carboxylic acids is 1. The average molecular weight is 338 g/mol. The molecule has 0 fully saturated rings. The zero-order chi connectivity index (χ0) is 15.9. The van der Waals surface area contributed by atoms with Crippen LogP contribution in [0.15, 0.2) is 34.5 Å². The molecule has 1 aliphatic heterocycles. The van der Waals surface area contributed by atoms with E-state index in [1.807, 2.05) is 0 Å². The summed E-state index contributed by atoms with van der Waals surface area (Å²) in [5.41, 5.74) is 1.20. The third-order valence-corrected chi connectivity index (χ3v) is 5.38. The first-order valence-electron chi connectivity index (χ1n) is 6.13. The van der Waals surface area contributed by atoms with E-state index >= 15 is 0 Å². The molecule has 0 radical (unpaired) electrons. The summed E-state index contributed by atoms with van der Waals surface area (Å²) in [7, 11) is -3.92. The molecule has 1 aromatic heterocycles. The van der Waals surface area contributed by atoms with Crippen LogP contribution in [0.2, 0.25) is 0 Å². The fourth-order valence-electron chi connectivity index (χ4n) is 2.13.